The summed E-state index contributed by atoms with van der Waals surface area (Å²) in [6.07, 6.45) is 2.85. The highest BCUT2D eigenvalue weighted by molar-refractivity contribution is 6.00. The number of aromatic nitrogens is 2. The zero-order valence-corrected chi connectivity index (χ0v) is 16.4. The minimum absolute atomic E-state index is 0.166. The van der Waals surface area contributed by atoms with Crippen LogP contribution in [0, 0.1) is 0 Å². The summed E-state index contributed by atoms with van der Waals surface area (Å²) >= 11 is 0. The van der Waals surface area contributed by atoms with Gasteiger partial charge in [0.25, 0.3) is 5.91 Å². The molecule has 4 N–H and O–H groups in total. The van der Waals surface area contributed by atoms with E-state index >= 15 is 0 Å². The molecule has 4 rings (SSSR count). The largest absolute Gasteiger partial charge is 0.454 e. The average Bonchev–Trinajstić information content (AvgIpc) is 3.45. The highest BCUT2D eigenvalue weighted by atomic mass is 16.7. The number of rotatable bonds is 7. The van der Waals surface area contributed by atoms with Crippen molar-refractivity contribution >= 4 is 23.7 Å². The van der Waals surface area contributed by atoms with Crippen LogP contribution in [0.2, 0.25) is 0 Å². The lowest BCUT2D eigenvalue weighted by Crippen LogP contribution is -2.45. The lowest BCUT2D eigenvalue weighted by molar-refractivity contribution is -0.124. The van der Waals surface area contributed by atoms with Crippen molar-refractivity contribution < 1.29 is 24.2 Å². The van der Waals surface area contributed by atoms with Crippen molar-refractivity contribution in [1.82, 2.24) is 15.5 Å². The molecule has 0 fully saturated rings. The first kappa shape index (κ1) is 20.2. The number of hydrogen-bond donors (Lipinski definition) is 4. The van der Waals surface area contributed by atoms with Gasteiger partial charge in [0.05, 0.1) is 12.3 Å². The Morgan fingerprint density at radius 1 is 1.13 bits per heavy atom. The van der Waals surface area contributed by atoms with E-state index in [1.807, 2.05) is 30.3 Å². The molecular weight excluding hydrogens is 400 g/mol. The van der Waals surface area contributed by atoms with Gasteiger partial charge < -0.3 is 25.2 Å². The first-order valence-corrected chi connectivity index (χ1v) is 9.53. The molecule has 0 aliphatic carbocycles. The predicted molar refractivity (Wildman–Crippen MR) is 113 cm³/mol. The second kappa shape index (κ2) is 9.14. The fraction of sp³-hybridized carbons (Fsp3) is 0.136. The molecule has 0 saturated carbocycles. The Labute approximate surface area is 177 Å². The number of nitrogens with zero attached hydrogens (tertiary/aromatic N) is 1. The minimum Gasteiger partial charge on any atom is -0.454 e. The molecule has 1 aliphatic heterocycles. The molecule has 1 atom stereocenters. The van der Waals surface area contributed by atoms with Gasteiger partial charge in [0, 0.05) is 12.1 Å². The van der Waals surface area contributed by atoms with Crippen molar-refractivity contribution in [3.63, 3.8) is 0 Å². The summed E-state index contributed by atoms with van der Waals surface area (Å²) < 4.78 is 10.5. The van der Waals surface area contributed by atoms with E-state index in [1.165, 1.54) is 6.08 Å². The number of aliphatic hydroxyl groups excluding tert-OH is 1. The minimum atomic E-state index is -1.13. The van der Waals surface area contributed by atoms with Crippen LogP contribution in [0.5, 0.6) is 11.5 Å². The Bertz CT molecular complexity index is 1110. The third kappa shape index (κ3) is 4.90. The first-order chi connectivity index (χ1) is 15.1. The molecule has 1 aromatic heterocycles. The smallest absolute Gasteiger partial charge is 0.250 e. The zero-order valence-electron chi connectivity index (χ0n) is 16.4. The predicted octanol–water partition coefficient (Wildman–Crippen LogP) is 1.93. The molecule has 2 aromatic carbocycles. The molecule has 158 valence electrons. The van der Waals surface area contributed by atoms with E-state index in [4.69, 9.17) is 9.47 Å². The number of aliphatic hydroxyl groups is 1. The number of anilines is 1. The van der Waals surface area contributed by atoms with Crippen LogP contribution in [0.25, 0.3) is 17.3 Å². The Morgan fingerprint density at radius 2 is 1.94 bits per heavy atom. The number of H-pyrrole nitrogens is 1. The molecule has 9 nitrogen and oxygen atoms in total. The molecule has 31 heavy (non-hydrogen) atoms. The molecule has 0 saturated heterocycles. The van der Waals surface area contributed by atoms with Crippen LogP contribution in [-0.4, -0.2) is 46.6 Å². The summed E-state index contributed by atoms with van der Waals surface area (Å²) in [5.74, 6) is 0.418. The number of carbonyl (C=O) groups excluding carboxylic acids is 2. The molecule has 1 unspecified atom stereocenters. The van der Waals surface area contributed by atoms with Gasteiger partial charge in [0.2, 0.25) is 12.7 Å². The van der Waals surface area contributed by atoms with Gasteiger partial charge in [-0.25, -0.2) is 0 Å². The van der Waals surface area contributed by atoms with E-state index < -0.39 is 24.5 Å². The summed E-state index contributed by atoms with van der Waals surface area (Å²) in [6.45, 7) is -0.398. The summed E-state index contributed by atoms with van der Waals surface area (Å²) in [4.78, 5) is 24.6. The van der Waals surface area contributed by atoms with Gasteiger partial charge in [-0.3, -0.25) is 14.7 Å². The summed E-state index contributed by atoms with van der Waals surface area (Å²) in [5, 5.41) is 21.5. The van der Waals surface area contributed by atoms with E-state index in [1.54, 1.807) is 30.3 Å². The third-order valence-corrected chi connectivity index (χ3v) is 4.55. The Hall–Kier alpha value is -4.11. The summed E-state index contributed by atoms with van der Waals surface area (Å²) in [7, 11) is 0. The lowest BCUT2D eigenvalue weighted by atomic mass is 10.1. The van der Waals surface area contributed by atoms with E-state index in [9.17, 15) is 14.7 Å². The van der Waals surface area contributed by atoms with Crippen molar-refractivity contribution in [2.75, 3.05) is 18.7 Å². The lowest BCUT2D eigenvalue weighted by Gasteiger charge is -2.14. The maximum Gasteiger partial charge on any atom is 0.250 e. The van der Waals surface area contributed by atoms with E-state index in [0.29, 0.717) is 11.5 Å². The van der Waals surface area contributed by atoms with Gasteiger partial charge >= 0.3 is 0 Å². The van der Waals surface area contributed by atoms with Crippen LogP contribution in [0.15, 0.2) is 60.7 Å². The number of aromatic amines is 1. The average molecular weight is 420 g/mol. The quantitative estimate of drug-likeness (QED) is 0.433. The van der Waals surface area contributed by atoms with E-state index in [-0.39, 0.29) is 12.6 Å². The fourth-order valence-electron chi connectivity index (χ4n) is 2.97. The van der Waals surface area contributed by atoms with Crippen molar-refractivity contribution in [2.45, 2.75) is 6.04 Å². The van der Waals surface area contributed by atoms with Crippen LogP contribution in [-0.2, 0) is 9.59 Å². The SMILES string of the molecule is O=C(C=Cc1ccc2c(c1)OCO2)NC(CO)C(=O)Nc1cc(-c2ccccc2)[nH]n1. The number of fused-ring (bicyclic) bond motifs is 1. The van der Waals surface area contributed by atoms with Gasteiger partial charge in [-0.05, 0) is 29.3 Å². The van der Waals surface area contributed by atoms with Crippen LogP contribution >= 0.6 is 0 Å². The number of hydrogen-bond acceptors (Lipinski definition) is 6. The number of benzene rings is 2. The van der Waals surface area contributed by atoms with Gasteiger partial charge in [0.15, 0.2) is 17.3 Å². The van der Waals surface area contributed by atoms with Crippen LogP contribution in [0.3, 0.4) is 0 Å². The molecule has 9 heteroatoms. The van der Waals surface area contributed by atoms with E-state index in [0.717, 1.165) is 16.8 Å². The molecule has 0 bridgehead atoms. The molecule has 2 heterocycles. The second-order valence-corrected chi connectivity index (χ2v) is 6.71. The van der Waals surface area contributed by atoms with Crippen molar-refractivity contribution in [1.29, 1.82) is 0 Å². The van der Waals surface area contributed by atoms with Crippen molar-refractivity contribution in [3.8, 4) is 22.8 Å². The highest BCUT2D eigenvalue weighted by Crippen LogP contribution is 2.32. The number of amides is 2. The van der Waals surface area contributed by atoms with E-state index in [2.05, 4.69) is 20.8 Å². The highest BCUT2D eigenvalue weighted by Gasteiger charge is 2.20. The standard InChI is InChI=1S/C22H20N4O5/c27-12-17(22(29)24-20-11-16(25-26-20)15-4-2-1-3-5-15)23-21(28)9-7-14-6-8-18-19(10-14)31-13-30-18/h1-11,17,27H,12-13H2,(H,23,28)(H2,24,25,26,29). The molecular formula is C22H20N4O5. The number of carbonyl (C=O) groups is 2. The summed E-state index contributed by atoms with van der Waals surface area (Å²) in [6, 6.07) is 15.3. The fourth-order valence-corrected chi connectivity index (χ4v) is 2.97. The van der Waals surface area contributed by atoms with Gasteiger partial charge in [-0.1, -0.05) is 36.4 Å². The van der Waals surface area contributed by atoms with Gasteiger partial charge in [-0.2, -0.15) is 5.10 Å². The maximum atomic E-state index is 12.4. The Kier molecular flexibility index (Phi) is 5.95. The van der Waals surface area contributed by atoms with Crippen molar-refractivity contribution in [2.24, 2.45) is 0 Å². The summed E-state index contributed by atoms with van der Waals surface area (Å²) in [5.41, 5.74) is 2.37. The van der Waals surface area contributed by atoms with Crippen molar-refractivity contribution in [3.05, 3.63) is 66.2 Å². The molecule has 0 spiro atoms. The van der Waals surface area contributed by atoms with Gasteiger partial charge in [0.1, 0.15) is 6.04 Å². The maximum absolute atomic E-state index is 12.4. The third-order valence-electron chi connectivity index (χ3n) is 4.55. The molecule has 1 aliphatic rings. The monoisotopic (exact) mass is 420 g/mol. The molecule has 2 amide bonds. The zero-order chi connectivity index (χ0) is 21.6. The normalized spacial score (nSPS) is 13.2. The van der Waals surface area contributed by atoms with Crippen LogP contribution in [0.1, 0.15) is 5.56 Å². The van der Waals surface area contributed by atoms with Crippen LogP contribution < -0.4 is 20.1 Å². The molecule has 3 aromatic rings. The topological polar surface area (TPSA) is 126 Å². The number of nitrogens with one attached hydrogen (secondary N) is 3. The first-order valence-electron chi connectivity index (χ1n) is 9.53. The number of ether oxygens (including phenoxy) is 2. The Balaban J connectivity index is 1.34. The van der Waals surface area contributed by atoms with Crippen LogP contribution in [0.4, 0.5) is 5.82 Å². The van der Waals surface area contributed by atoms with Gasteiger partial charge in [-0.15, -0.1) is 0 Å². The molecule has 0 radical (unpaired) electrons. The Morgan fingerprint density at radius 3 is 2.74 bits per heavy atom. The second-order valence-electron chi connectivity index (χ2n) is 6.71.